The van der Waals surface area contributed by atoms with Gasteiger partial charge in [-0.05, 0) is 49.1 Å². The molecule has 1 heterocycles. The molecule has 0 fully saturated rings. The second-order valence-corrected chi connectivity index (χ2v) is 6.67. The van der Waals surface area contributed by atoms with Crippen LogP contribution in [0.4, 0.5) is 0 Å². The summed E-state index contributed by atoms with van der Waals surface area (Å²) >= 11 is 0. The number of nitrogens with one attached hydrogen (secondary N) is 2. The molecule has 0 saturated heterocycles. The average Bonchev–Trinajstić information content (AvgIpc) is 2.73. The van der Waals surface area contributed by atoms with Crippen molar-refractivity contribution in [1.82, 2.24) is 15.6 Å². The van der Waals surface area contributed by atoms with Crippen molar-refractivity contribution in [3.8, 4) is 5.75 Å². The number of aryl methyl sites for hydroxylation is 1. The molecule has 0 atom stereocenters. The molecular formula is C23H29IN4O. The molecule has 3 rings (SSSR count). The summed E-state index contributed by atoms with van der Waals surface area (Å²) in [6.07, 6.45) is 2.73. The Balaban J connectivity index is 0.00000300. The van der Waals surface area contributed by atoms with Crippen molar-refractivity contribution >= 4 is 40.8 Å². The number of para-hydroxylation sites is 1. The Bertz CT molecular complexity index is 953. The molecular weight excluding hydrogens is 475 g/mol. The van der Waals surface area contributed by atoms with Gasteiger partial charge in [0.05, 0.1) is 19.2 Å². The summed E-state index contributed by atoms with van der Waals surface area (Å²) in [5.41, 5.74) is 4.52. The third-order valence-electron chi connectivity index (χ3n) is 4.65. The van der Waals surface area contributed by atoms with E-state index in [2.05, 4.69) is 71.9 Å². The van der Waals surface area contributed by atoms with E-state index in [9.17, 15) is 0 Å². The summed E-state index contributed by atoms with van der Waals surface area (Å²) in [5.74, 6) is 1.75. The Labute approximate surface area is 190 Å². The molecule has 0 amide bonds. The van der Waals surface area contributed by atoms with Gasteiger partial charge in [0.2, 0.25) is 0 Å². The van der Waals surface area contributed by atoms with Gasteiger partial charge in [-0.2, -0.15) is 0 Å². The highest BCUT2D eigenvalue weighted by atomic mass is 127. The lowest BCUT2D eigenvalue weighted by molar-refractivity contribution is 0.411. The van der Waals surface area contributed by atoms with E-state index in [4.69, 9.17) is 9.73 Å². The molecule has 0 saturated carbocycles. The SMILES string of the molecule is CCNC(=NCc1cccc2cccnc12)NCCc1ccc(C)c(OC)c1.I. The van der Waals surface area contributed by atoms with Crippen LogP contribution in [0.2, 0.25) is 0 Å². The minimum atomic E-state index is 0. The zero-order chi connectivity index (χ0) is 19.8. The molecule has 0 bridgehead atoms. The van der Waals surface area contributed by atoms with Gasteiger partial charge < -0.3 is 15.4 Å². The van der Waals surface area contributed by atoms with Crippen LogP contribution in [-0.4, -0.2) is 31.1 Å². The highest BCUT2D eigenvalue weighted by Gasteiger charge is 2.04. The molecule has 0 unspecified atom stereocenters. The fourth-order valence-electron chi connectivity index (χ4n) is 3.15. The van der Waals surface area contributed by atoms with E-state index in [1.54, 1.807) is 7.11 Å². The summed E-state index contributed by atoms with van der Waals surface area (Å²) < 4.78 is 5.41. The number of pyridine rings is 1. The highest BCUT2D eigenvalue weighted by Crippen LogP contribution is 2.19. The summed E-state index contributed by atoms with van der Waals surface area (Å²) in [4.78, 5) is 9.25. The Morgan fingerprint density at radius 2 is 1.93 bits per heavy atom. The summed E-state index contributed by atoms with van der Waals surface area (Å²) in [7, 11) is 1.71. The molecule has 154 valence electrons. The minimum Gasteiger partial charge on any atom is -0.496 e. The third kappa shape index (κ3) is 6.32. The highest BCUT2D eigenvalue weighted by molar-refractivity contribution is 14.0. The molecule has 0 aliphatic rings. The Morgan fingerprint density at radius 1 is 1.10 bits per heavy atom. The Morgan fingerprint density at radius 3 is 2.72 bits per heavy atom. The first-order chi connectivity index (χ1) is 13.7. The molecule has 0 spiro atoms. The van der Waals surface area contributed by atoms with Gasteiger partial charge in [-0.15, -0.1) is 24.0 Å². The zero-order valence-electron chi connectivity index (χ0n) is 17.2. The van der Waals surface area contributed by atoms with E-state index in [1.807, 2.05) is 12.3 Å². The Hall–Kier alpha value is -2.35. The third-order valence-corrected chi connectivity index (χ3v) is 4.65. The summed E-state index contributed by atoms with van der Waals surface area (Å²) in [5, 5.41) is 7.87. The van der Waals surface area contributed by atoms with Crippen molar-refractivity contribution in [2.45, 2.75) is 26.8 Å². The second kappa shape index (κ2) is 11.6. The normalized spacial score (nSPS) is 11.1. The van der Waals surface area contributed by atoms with Gasteiger partial charge in [0.25, 0.3) is 0 Å². The molecule has 0 aliphatic carbocycles. The van der Waals surface area contributed by atoms with Crippen molar-refractivity contribution < 1.29 is 4.74 Å². The van der Waals surface area contributed by atoms with Crippen LogP contribution < -0.4 is 15.4 Å². The van der Waals surface area contributed by atoms with Crippen LogP contribution in [0.3, 0.4) is 0 Å². The predicted molar refractivity (Wildman–Crippen MR) is 131 cm³/mol. The monoisotopic (exact) mass is 504 g/mol. The fourth-order valence-corrected chi connectivity index (χ4v) is 3.15. The predicted octanol–water partition coefficient (Wildman–Crippen LogP) is 4.47. The van der Waals surface area contributed by atoms with Gasteiger partial charge in [0.1, 0.15) is 5.75 Å². The second-order valence-electron chi connectivity index (χ2n) is 6.67. The van der Waals surface area contributed by atoms with Gasteiger partial charge in [-0.1, -0.05) is 36.4 Å². The number of aliphatic imine (C=N–C) groups is 1. The van der Waals surface area contributed by atoms with E-state index >= 15 is 0 Å². The topological polar surface area (TPSA) is 58.5 Å². The van der Waals surface area contributed by atoms with Crippen molar-refractivity contribution in [1.29, 1.82) is 0 Å². The number of benzene rings is 2. The fraction of sp³-hybridized carbons (Fsp3) is 0.304. The van der Waals surface area contributed by atoms with E-state index in [0.717, 1.165) is 53.2 Å². The molecule has 6 heteroatoms. The Kier molecular flexibility index (Phi) is 9.18. The van der Waals surface area contributed by atoms with E-state index in [-0.39, 0.29) is 24.0 Å². The largest absolute Gasteiger partial charge is 0.496 e. The summed E-state index contributed by atoms with van der Waals surface area (Å²) in [6, 6.07) is 16.6. The van der Waals surface area contributed by atoms with Crippen molar-refractivity contribution in [2.75, 3.05) is 20.2 Å². The maximum absolute atomic E-state index is 5.41. The van der Waals surface area contributed by atoms with Crippen LogP contribution in [0, 0.1) is 6.92 Å². The van der Waals surface area contributed by atoms with Gasteiger partial charge in [-0.25, -0.2) is 4.99 Å². The van der Waals surface area contributed by atoms with Gasteiger partial charge in [0, 0.05) is 24.7 Å². The molecule has 29 heavy (non-hydrogen) atoms. The lowest BCUT2D eigenvalue weighted by Gasteiger charge is -2.12. The number of methoxy groups -OCH3 is 1. The van der Waals surface area contributed by atoms with Crippen molar-refractivity contribution in [3.63, 3.8) is 0 Å². The number of aromatic nitrogens is 1. The zero-order valence-corrected chi connectivity index (χ0v) is 19.6. The first-order valence-corrected chi connectivity index (χ1v) is 9.69. The lowest BCUT2D eigenvalue weighted by Crippen LogP contribution is -2.38. The smallest absolute Gasteiger partial charge is 0.191 e. The molecule has 0 radical (unpaired) electrons. The first-order valence-electron chi connectivity index (χ1n) is 9.69. The van der Waals surface area contributed by atoms with E-state index in [1.165, 1.54) is 5.56 Å². The van der Waals surface area contributed by atoms with Crippen LogP contribution in [-0.2, 0) is 13.0 Å². The maximum atomic E-state index is 5.41. The van der Waals surface area contributed by atoms with Gasteiger partial charge in [-0.3, -0.25) is 4.98 Å². The van der Waals surface area contributed by atoms with Gasteiger partial charge in [0.15, 0.2) is 5.96 Å². The summed E-state index contributed by atoms with van der Waals surface area (Å²) in [6.45, 7) is 6.33. The van der Waals surface area contributed by atoms with Crippen LogP contribution in [0.1, 0.15) is 23.6 Å². The number of halogens is 1. The number of fused-ring (bicyclic) bond motifs is 1. The number of hydrogen-bond acceptors (Lipinski definition) is 3. The van der Waals surface area contributed by atoms with Gasteiger partial charge >= 0.3 is 0 Å². The number of rotatable bonds is 7. The van der Waals surface area contributed by atoms with Crippen LogP contribution in [0.25, 0.3) is 10.9 Å². The van der Waals surface area contributed by atoms with Crippen LogP contribution >= 0.6 is 24.0 Å². The lowest BCUT2D eigenvalue weighted by atomic mass is 10.1. The quantitative estimate of drug-likeness (QED) is 0.283. The molecule has 2 aromatic carbocycles. The number of nitrogens with zero attached hydrogens (tertiary/aromatic N) is 2. The number of ether oxygens (including phenoxy) is 1. The minimum absolute atomic E-state index is 0. The van der Waals surface area contributed by atoms with Crippen LogP contribution in [0.5, 0.6) is 5.75 Å². The number of hydrogen-bond donors (Lipinski definition) is 2. The van der Waals surface area contributed by atoms with Crippen molar-refractivity contribution in [2.24, 2.45) is 4.99 Å². The standard InChI is InChI=1S/C23H28N4O.HI/c1-4-24-23(26-14-12-18-11-10-17(2)21(15-18)28-3)27-16-20-8-5-7-19-9-6-13-25-22(19)20;/h5-11,13,15H,4,12,14,16H2,1-3H3,(H2,24,26,27);1H. The van der Waals surface area contributed by atoms with E-state index < -0.39 is 0 Å². The number of guanidine groups is 1. The van der Waals surface area contributed by atoms with Crippen LogP contribution in [0.15, 0.2) is 59.7 Å². The van der Waals surface area contributed by atoms with E-state index in [0.29, 0.717) is 6.54 Å². The molecule has 3 aromatic rings. The average molecular weight is 504 g/mol. The molecule has 1 aromatic heterocycles. The molecule has 0 aliphatic heterocycles. The maximum Gasteiger partial charge on any atom is 0.191 e. The molecule has 5 nitrogen and oxygen atoms in total. The first kappa shape index (κ1) is 22.9. The van der Waals surface area contributed by atoms with Crippen molar-refractivity contribution in [3.05, 3.63) is 71.4 Å². The molecule has 2 N–H and O–H groups in total.